The fourth-order valence-corrected chi connectivity index (χ4v) is 5.59. The van der Waals surface area contributed by atoms with E-state index in [1.165, 1.54) is 50.3 Å². The summed E-state index contributed by atoms with van der Waals surface area (Å²) in [6.07, 6.45) is 14.0. The van der Waals surface area contributed by atoms with E-state index in [2.05, 4.69) is 46.3 Å². The molecule has 5 nitrogen and oxygen atoms in total. The van der Waals surface area contributed by atoms with E-state index in [0.29, 0.717) is 22.4 Å². The van der Waals surface area contributed by atoms with Gasteiger partial charge in [0.2, 0.25) is 0 Å². The van der Waals surface area contributed by atoms with Crippen LogP contribution in [0.3, 0.4) is 0 Å². The van der Waals surface area contributed by atoms with Crippen LogP contribution in [0.4, 0.5) is 5.69 Å². The number of carbonyl (C=O) groups is 1. The third-order valence-corrected chi connectivity index (χ3v) is 7.90. The molecule has 1 aliphatic carbocycles. The normalized spacial score (nSPS) is 14.0. The van der Waals surface area contributed by atoms with Crippen molar-refractivity contribution in [2.24, 2.45) is 5.92 Å². The third-order valence-electron chi connectivity index (χ3n) is 7.35. The van der Waals surface area contributed by atoms with E-state index in [-0.39, 0.29) is 12.5 Å². The fraction of sp³-hybridized carbons (Fsp3) is 0.273. The van der Waals surface area contributed by atoms with Gasteiger partial charge in [-0.15, -0.1) is 0 Å². The molecule has 0 amide bonds. The quantitative estimate of drug-likeness (QED) is 0.203. The van der Waals surface area contributed by atoms with Crippen LogP contribution in [0.2, 0.25) is 10.0 Å². The van der Waals surface area contributed by atoms with Gasteiger partial charge < -0.3 is 14.6 Å². The number of carbonyl (C=O) groups excluding carboxylic acids is 1. The molecule has 0 spiro atoms. The van der Waals surface area contributed by atoms with Gasteiger partial charge in [0.25, 0.3) is 0 Å². The maximum absolute atomic E-state index is 11.5. The summed E-state index contributed by atoms with van der Waals surface area (Å²) in [5, 5.41) is 4.21. The number of benzene rings is 3. The molecule has 1 aliphatic rings. The maximum Gasteiger partial charge on any atom is 0.325 e. The summed E-state index contributed by atoms with van der Waals surface area (Å²) in [7, 11) is 1.37. The van der Waals surface area contributed by atoms with Crippen LogP contribution in [0.1, 0.15) is 49.1 Å². The molecule has 0 aliphatic heterocycles. The van der Waals surface area contributed by atoms with E-state index < -0.39 is 0 Å². The number of methoxy groups -OCH3 is 1. The minimum absolute atomic E-state index is 0.108. The summed E-state index contributed by atoms with van der Waals surface area (Å²) < 4.78 is 6.80. The average molecular weight is 575 g/mol. The molecule has 0 atom stereocenters. The van der Waals surface area contributed by atoms with Crippen LogP contribution in [0.25, 0.3) is 23.0 Å². The first kappa shape index (κ1) is 28.0. The van der Waals surface area contributed by atoms with E-state index >= 15 is 0 Å². The van der Waals surface area contributed by atoms with Crippen LogP contribution < -0.4 is 5.32 Å². The molecule has 0 saturated heterocycles. The van der Waals surface area contributed by atoms with Crippen molar-refractivity contribution in [3.8, 4) is 16.9 Å². The number of aromatic nitrogens is 2. The first-order valence-electron chi connectivity index (χ1n) is 13.7. The molecule has 5 rings (SSSR count). The summed E-state index contributed by atoms with van der Waals surface area (Å²) in [4.78, 5) is 16.5. The lowest BCUT2D eigenvalue weighted by atomic mass is 9.89. The van der Waals surface area contributed by atoms with Gasteiger partial charge in [0.15, 0.2) is 0 Å². The molecule has 4 aromatic rings. The van der Waals surface area contributed by atoms with Gasteiger partial charge >= 0.3 is 5.97 Å². The molecule has 40 heavy (non-hydrogen) atoms. The number of anilines is 1. The van der Waals surface area contributed by atoms with E-state index in [4.69, 9.17) is 32.9 Å². The second-order valence-corrected chi connectivity index (χ2v) is 11.0. The molecule has 1 saturated carbocycles. The zero-order valence-corrected chi connectivity index (χ0v) is 24.1. The molecule has 0 bridgehead atoms. The lowest BCUT2D eigenvalue weighted by Gasteiger charge is -2.17. The predicted molar refractivity (Wildman–Crippen MR) is 164 cm³/mol. The Hall–Kier alpha value is -3.54. The zero-order valence-electron chi connectivity index (χ0n) is 22.6. The molecule has 1 fully saturated rings. The summed E-state index contributed by atoms with van der Waals surface area (Å²) >= 11 is 12.7. The summed E-state index contributed by atoms with van der Waals surface area (Å²) in [5.41, 5.74) is 5.78. The van der Waals surface area contributed by atoms with Gasteiger partial charge in [0, 0.05) is 34.6 Å². The predicted octanol–water partition coefficient (Wildman–Crippen LogP) is 8.62. The number of hydrogen-bond acceptors (Lipinski definition) is 4. The molecular weight excluding hydrogens is 541 g/mol. The summed E-state index contributed by atoms with van der Waals surface area (Å²) in [6.45, 7) is 0.108. The lowest BCUT2D eigenvalue weighted by Crippen LogP contribution is -2.14. The molecule has 0 radical (unpaired) electrons. The Kier molecular flexibility index (Phi) is 9.25. The second-order valence-electron chi connectivity index (χ2n) is 10.2. The summed E-state index contributed by atoms with van der Waals surface area (Å²) in [6, 6.07) is 22.0. The van der Waals surface area contributed by atoms with Crippen molar-refractivity contribution >= 4 is 40.9 Å². The van der Waals surface area contributed by atoms with Gasteiger partial charge in [-0.2, -0.15) is 0 Å². The van der Waals surface area contributed by atoms with Crippen LogP contribution in [0, 0.1) is 5.92 Å². The monoisotopic (exact) mass is 573 g/mol. The Bertz CT molecular complexity index is 1470. The van der Waals surface area contributed by atoms with Crippen molar-refractivity contribution in [2.75, 3.05) is 19.0 Å². The number of rotatable bonds is 9. The number of ether oxygens (including phenoxy) is 1. The summed E-state index contributed by atoms with van der Waals surface area (Å²) in [5.74, 6) is 1.28. The number of hydrogen-bond donors (Lipinski definition) is 1. The van der Waals surface area contributed by atoms with Crippen molar-refractivity contribution in [1.29, 1.82) is 0 Å². The lowest BCUT2D eigenvalue weighted by molar-refractivity contribution is -0.138. The minimum atomic E-state index is -0.319. The van der Waals surface area contributed by atoms with Gasteiger partial charge in [-0.3, -0.25) is 4.79 Å². The zero-order chi connectivity index (χ0) is 27.9. The van der Waals surface area contributed by atoms with Gasteiger partial charge in [0.1, 0.15) is 12.4 Å². The van der Waals surface area contributed by atoms with Gasteiger partial charge in [-0.1, -0.05) is 78.9 Å². The molecule has 7 heteroatoms. The fourth-order valence-electron chi connectivity index (χ4n) is 5.08. The number of nitrogens with one attached hydrogen (secondary N) is 1. The first-order valence-corrected chi connectivity index (χ1v) is 14.5. The highest BCUT2D eigenvalue weighted by atomic mass is 35.5. The van der Waals surface area contributed by atoms with E-state index in [1.807, 2.05) is 42.6 Å². The van der Waals surface area contributed by atoms with Gasteiger partial charge in [-0.25, -0.2) is 4.98 Å². The Labute approximate surface area is 245 Å². The molecular formula is C33H33Cl2N3O2. The third kappa shape index (κ3) is 7.15. The van der Waals surface area contributed by atoms with E-state index in [0.717, 1.165) is 28.5 Å². The van der Waals surface area contributed by atoms with Crippen molar-refractivity contribution in [3.63, 3.8) is 0 Å². The van der Waals surface area contributed by atoms with E-state index in [1.54, 1.807) is 6.07 Å². The molecule has 1 N–H and O–H groups in total. The number of esters is 1. The van der Waals surface area contributed by atoms with Gasteiger partial charge in [-0.05, 0) is 72.4 Å². The molecule has 206 valence electrons. The van der Waals surface area contributed by atoms with Crippen LogP contribution in [0.5, 0.6) is 0 Å². The largest absolute Gasteiger partial charge is 0.468 e. The average Bonchev–Trinajstić information content (AvgIpc) is 3.39. The van der Waals surface area contributed by atoms with E-state index in [9.17, 15) is 4.79 Å². The number of imidazole rings is 1. The Morgan fingerprint density at radius 1 is 1.02 bits per heavy atom. The van der Waals surface area contributed by atoms with Crippen molar-refractivity contribution in [1.82, 2.24) is 9.55 Å². The Morgan fingerprint density at radius 3 is 2.48 bits per heavy atom. The second kappa shape index (κ2) is 13.2. The van der Waals surface area contributed by atoms with Crippen molar-refractivity contribution < 1.29 is 9.53 Å². The topological polar surface area (TPSA) is 56.1 Å². The number of allylic oxidation sites excluding steroid dienone is 1. The molecule has 0 unspecified atom stereocenters. The van der Waals surface area contributed by atoms with Crippen LogP contribution in [-0.2, 0) is 16.0 Å². The Morgan fingerprint density at radius 2 is 1.77 bits per heavy atom. The molecule has 3 aromatic carbocycles. The van der Waals surface area contributed by atoms with Crippen LogP contribution in [0.15, 0.2) is 79.0 Å². The highest BCUT2D eigenvalue weighted by Gasteiger charge is 2.15. The Balaban J connectivity index is 1.40. The number of nitrogens with zero attached hydrogens (tertiary/aromatic N) is 2. The number of halogens is 2. The minimum Gasteiger partial charge on any atom is -0.468 e. The van der Waals surface area contributed by atoms with Crippen LogP contribution >= 0.6 is 23.2 Å². The molecule has 1 heterocycles. The first-order chi connectivity index (χ1) is 19.5. The van der Waals surface area contributed by atoms with Crippen molar-refractivity contribution in [3.05, 3.63) is 106 Å². The highest BCUT2D eigenvalue weighted by molar-refractivity contribution is 6.36. The SMILES string of the molecule is COC(=O)CNc1ccc(-n2cc(-c3ccc(Cl)cc3Cl)nc2Cc2ccc(/C=C/C3CCCCC3)cc2)cc1. The standard InChI is InChI=1S/C33H33Cl2N3O2/c1-40-33(39)21-36-27-14-16-28(17-15-27)38-22-31(29-18-13-26(34)20-30(29)35)37-32(38)19-25-11-9-24(10-12-25)8-7-23-5-3-2-4-6-23/h7-18,20,22-23,36H,2-6,19,21H2,1H3/b8-7+. The highest BCUT2D eigenvalue weighted by Crippen LogP contribution is 2.31. The maximum atomic E-state index is 11.5. The van der Waals surface area contributed by atoms with Gasteiger partial charge in [0.05, 0.1) is 17.8 Å². The molecule has 1 aromatic heterocycles. The smallest absolute Gasteiger partial charge is 0.325 e. The van der Waals surface area contributed by atoms with Crippen LogP contribution in [-0.4, -0.2) is 29.2 Å². The van der Waals surface area contributed by atoms with Crippen molar-refractivity contribution in [2.45, 2.75) is 38.5 Å².